The van der Waals surface area contributed by atoms with Gasteiger partial charge in [-0.15, -0.1) is 0 Å². The minimum atomic E-state index is -1.08. The van der Waals surface area contributed by atoms with Crippen molar-refractivity contribution in [1.82, 2.24) is 4.90 Å². The minimum Gasteiger partial charge on any atom is -0.467 e. The zero-order valence-electron chi connectivity index (χ0n) is 11.7. The van der Waals surface area contributed by atoms with Gasteiger partial charge < -0.3 is 19.3 Å². The van der Waals surface area contributed by atoms with Gasteiger partial charge in [0.05, 0.1) is 26.9 Å². The van der Waals surface area contributed by atoms with Gasteiger partial charge in [0.15, 0.2) is 0 Å². The summed E-state index contributed by atoms with van der Waals surface area (Å²) in [6.45, 7) is 1.71. The number of rotatable bonds is 3. The predicted octanol–water partition coefficient (Wildman–Crippen LogP) is -0.317. The third-order valence-electron chi connectivity index (χ3n) is 3.09. The van der Waals surface area contributed by atoms with Crippen LogP contribution < -0.4 is 0 Å². The molecule has 0 radical (unpaired) electrons. The highest BCUT2D eigenvalue weighted by atomic mass is 16.6. The second-order valence-electron chi connectivity index (χ2n) is 4.31. The fourth-order valence-electron chi connectivity index (χ4n) is 2.20. The van der Waals surface area contributed by atoms with Gasteiger partial charge in [0.1, 0.15) is 12.1 Å². The van der Waals surface area contributed by atoms with Crippen LogP contribution in [0.3, 0.4) is 0 Å². The van der Waals surface area contributed by atoms with E-state index in [2.05, 4.69) is 9.47 Å². The standard InChI is InChI=1S/C12H19NO7/c1-4-20-12(17)13-8(10(15)18-2)5-7(14)6-9(13)11(16)19-3/h7-9,14H,4-6H2,1-3H3/t7?,8-,9+. The Morgan fingerprint density at radius 3 is 1.90 bits per heavy atom. The van der Waals surface area contributed by atoms with E-state index in [4.69, 9.17) is 4.74 Å². The van der Waals surface area contributed by atoms with Crippen LogP contribution in [0, 0.1) is 0 Å². The summed E-state index contributed by atoms with van der Waals surface area (Å²) in [6, 6.07) is -2.15. The van der Waals surface area contributed by atoms with Crippen LogP contribution in [-0.2, 0) is 23.8 Å². The third kappa shape index (κ3) is 3.38. The zero-order valence-corrected chi connectivity index (χ0v) is 11.7. The van der Waals surface area contributed by atoms with Gasteiger partial charge in [-0.3, -0.25) is 4.90 Å². The molecule has 1 rings (SSSR count). The summed E-state index contributed by atoms with van der Waals surface area (Å²) < 4.78 is 14.1. The van der Waals surface area contributed by atoms with E-state index in [-0.39, 0.29) is 19.4 Å². The predicted molar refractivity (Wildman–Crippen MR) is 65.7 cm³/mol. The van der Waals surface area contributed by atoms with Gasteiger partial charge in [-0.25, -0.2) is 14.4 Å². The monoisotopic (exact) mass is 289 g/mol. The first kappa shape index (κ1) is 16.2. The number of esters is 2. The van der Waals surface area contributed by atoms with Gasteiger partial charge in [0.2, 0.25) is 0 Å². The molecule has 1 unspecified atom stereocenters. The van der Waals surface area contributed by atoms with Crippen LogP contribution in [0.25, 0.3) is 0 Å². The lowest BCUT2D eigenvalue weighted by Gasteiger charge is -2.39. The average Bonchev–Trinajstić information content (AvgIpc) is 2.44. The molecule has 1 saturated heterocycles. The lowest BCUT2D eigenvalue weighted by atomic mass is 9.93. The molecular formula is C12H19NO7. The molecule has 1 heterocycles. The molecule has 0 aliphatic carbocycles. The quantitative estimate of drug-likeness (QED) is 0.561. The first-order valence-electron chi connectivity index (χ1n) is 6.25. The van der Waals surface area contributed by atoms with E-state index in [1.165, 1.54) is 14.2 Å². The van der Waals surface area contributed by atoms with Crippen molar-refractivity contribution >= 4 is 18.0 Å². The SMILES string of the molecule is CCOC(=O)N1[C@@H](C(=O)OC)CC(O)C[C@H]1C(=O)OC. The molecular weight excluding hydrogens is 270 g/mol. The maximum absolute atomic E-state index is 12.0. The fourth-order valence-corrected chi connectivity index (χ4v) is 2.20. The van der Waals surface area contributed by atoms with Crippen LogP contribution in [0.15, 0.2) is 0 Å². The van der Waals surface area contributed by atoms with Gasteiger partial charge in [0, 0.05) is 12.8 Å². The molecule has 8 nitrogen and oxygen atoms in total. The van der Waals surface area contributed by atoms with Crippen LogP contribution in [0.5, 0.6) is 0 Å². The Labute approximate surface area is 116 Å². The number of likely N-dealkylation sites (tertiary alicyclic amines) is 1. The summed E-state index contributed by atoms with van der Waals surface area (Å²) in [5.41, 5.74) is 0. The Morgan fingerprint density at radius 1 is 1.10 bits per heavy atom. The van der Waals surface area contributed by atoms with Crippen LogP contribution in [-0.4, -0.2) is 67.1 Å². The summed E-state index contributed by atoms with van der Waals surface area (Å²) >= 11 is 0. The highest BCUT2D eigenvalue weighted by molar-refractivity contribution is 5.87. The molecule has 114 valence electrons. The molecule has 0 saturated carbocycles. The van der Waals surface area contributed by atoms with Gasteiger partial charge in [-0.05, 0) is 6.92 Å². The Morgan fingerprint density at radius 2 is 1.55 bits per heavy atom. The van der Waals surface area contributed by atoms with Gasteiger partial charge >= 0.3 is 18.0 Å². The maximum atomic E-state index is 12.0. The largest absolute Gasteiger partial charge is 0.467 e. The maximum Gasteiger partial charge on any atom is 0.411 e. The van der Waals surface area contributed by atoms with Crippen molar-refractivity contribution in [2.75, 3.05) is 20.8 Å². The lowest BCUT2D eigenvalue weighted by molar-refractivity contribution is -0.159. The molecule has 3 atom stereocenters. The van der Waals surface area contributed by atoms with E-state index in [1.807, 2.05) is 0 Å². The van der Waals surface area contributed by atoms with Gasteiger partial charge in [0.25, 0.3) is 0 Å². The molecule has 0 bridgehead atoms. The first-order chi connectivity index (χ1) is 9.46. The highest BCUT2D eigenvalue weighted by Gasteiger charge is 2.46. The molecule has 1 amide bonds. The third-order valence-corrected chi connectivity index (χ3v) is 3.09. The van der Waals surface area contributed by atoms with Crippen molar-refractivity contribution in [2.24, 2.45) is 0 Å². The summed E-state index contributed by atoms with van der Waals surface area (Å²) in [7, 11) is 2.33. The van der Waals surface area contributed by atoms with Crippen LogP contribution in [0.1, 0.15) is 19.8 Å². The molecule has 20 heavy (non-hydrogen) atoms. The number of methoxy groups -OCH3 is 2. The Balaban J connectivity index is 3.08. The average molecular weight is 289 g/mol. The van der Waals surface area contributed by atoms with E-state index in [1.54, 1.807) is 6.92 Å². The molecule has 1 aliphatic heterocycles. The Kier molecular flexibility index (Phi) is 5.75. The summed E-state index contributed by atoms with van der Waals surface area (Å²) in [5, 5.41) is 9.77. The second-order valence-corrected chi connectivity index (χ2v) is 4.31. The number of amides is 1. The molecule has 1 fully saturated rings. The van der Waals surface area contributed by atoms with Crippen LogP contribution in [0.4, 0.5) is 4.79 Å². The second kappa shape index (κ2) is 7.09. The molecule has 1 N–H and O–H groups in total. The van der Waals surface area contributed by atoms with Crippen molar-refractivity contribution < 1.29 is 33.7 Å². The number of hydrogen-bond acceptors (Lipinski definition) is 7. The van der Waals surface area contributed by atoms with Crippen molar-refractivity contribution in [3.8, 4) is 0 Å². The fraction of sp³-hybridized carbons (Fsp3) is 0.750. The van der Waals surface area contributed by atoms with Gasteiger partial charge in [-0.2, -0.15) is 0 Å². The molecule has 0 spiro atoms. The number of hydrogen-bond donors (Lipinski definition) is 1. The van der Waals surface area contributed by atoms with Crippen LogP contribution >= 0.6 is 0 Å². The van der Waals surface area contributed by atoms with Crippen LogP contribution in [0.2, 0.25) is 0 Å². The van der Waals surface area contributed by atoms with Gasteiger partial charge in [-0.1, -0.05) is 0 Å². The zero-order chi connectivity index (χ0) is 15.3. The molecule has 0 aromatic heterocycles. The van der Waals surface area contributed by atoms with Crippen molar-refractivity contribution in [3.63, 3.8) is 0 Å². The minimum absolute atomic E-state index is 0.0149. The number of ether oxygens (including phenoxy) is 3. The highest BCUT2D eigenvalue weighted by Crippen LogP contribution is 2.26. The Bertz CT molecular complexity index is 358. The molecule has 8 heteroatoms. The van der Waals surface area contributed by atoms with E-state index >= 15 is 0 Å². The van der Waals surface area contributed by atoms with E-state index in [9.17, 15) is 19.5 Å². The number of carbonyl (C=O) groups is 3. The molecule has 0 aromatic carbocycles. The Hall–Kier alpha value is -1.83. The van der Waals surface area contributed by atoms with E-state index in [0.29, 0.717) is 0 Å². The number of carbonyl (C=O) groups excluding carboxylic acids is 3. The summed E-state index contributed by atoms with van der Waals surface area (Å²) in [4.78, 5) is 36.5. The van der Waals surface area contributed by atoms with Crippen molar-refractivity contribution in [3.05, 3.63) is 0 Å². The van der Waals surface area contributed by atoms with Crippen molar-refractivity contribution in [2.45, 2.75) is 38.0 Å². The molecule has 1 aliphatic rings. The number of aliphatic hydroxyl groups is 1. The lowest BCUT2D eigenvalue weighted by Crippen LogP contribution is -2.59. The molecule has 0 aromatic rings. The van der Waals surface area contributed by atoms with Crippen molar-refractivity contribution in [1.29, 1.82) is 0 Å². The normalized spacial score (nSPS) is 25.8. The number of piperidine rings is 1. The topological polar surface area (TPSA) is 102 Å². The van der Waals surface area contributed by atoms with E-state index < -0.39 is 36.2 Å². The summed E-state index contributed by atoms with van der Waals surface area (Å²) in [6.07, 6.45) is -1.75. The number of nitrogens with zero attached hydrogens (tertiary/aromatic N) is 1. The first-order valence-corrected chi connectivity index (χ1v) is 6.25. The smallest absolute Gasteiger partial charge is 0.411 e. The number of aliphatic hydroxyl groups excluding tert-OH is 1. The summed E-state index contributed by atoms with van der Waals surface area (Å²) in [5.74, 6) is -1.43. The van der Waals surface area contributed by atoms with E-state index in [0.717, 1.165) is 4.90 Å².